The molecule has 1 atom stereocenters. The third-order valence-corrected chi connectivity index (χ3v) is 2.91. The number of hydrogen-bond acceptors (Lipinski definition) is 2. The maximum atomic E-state index is 11.4. The standard InChI is InChI=1S/C11H12BrClO2/c1-3-15-11(14)10(13)9-6-8(12)5-4-7(9)2/h4-6,10H,3H2,1-2H3. The van der Waals surface area contributed by atoms with Crippen LogP contribution in [-0.2, 0) is 9.53 Å². The van der Waals surface area contributed by atoms with Gasteiger partial charge in [0, 0.05) is 4.47 Å². The van der Waals surface area contributed by atoms with Crippen molar-refractivity contribution in [2.45, 2.75) is 19.2 Å². The van der Waals surface area contributed by atoms with Crippen LogP contribution >= 0.6 is 27.5 Å². The molecule has 0 bridgehead atoms. The predicted molar refractivity (Wildman–Crippen MR) is 64.1 cm³/mol. The first-order valence-corrected chi connectivity index (χ1v) is 5.86. The van der Waals surface area contributed by atoms with E-state index in [-0.39, 0.29) is 0 Å². The van der Waals surface area contributed by atoms with Crippen molar-refractivity contribution < 1.29 is 9.53 Å². The van der Waals surface area contributed by atoms with Crippen LogP contribution in [0, 0.1) is 6.92 Å². The van der Waals surface area contributed by atoms with Crippen molar-refractivity contribution in [3.8, 4) is 0 Å². The van der Waals surface area contributed by atoms with Crippen LogP contribution in [0.3, 0.4) is 0 Å². The molecule has 1 aromatic carbocycles. The fraction of sp³-hybridized carbons (Fsp3) is 0.364. The smallest absolute Gasteiger partial charge is 0.328 e. The average molecular weight is 292 g/mol. The Morgan fingerprint density at radius 1 is 1.60 bits per heavy atom. The molecule has 1 rings (SSSR count). The van der Waals surface area contributed by atoms with Crippen molar-refractivity contribution in [3.05, 3.63) is 33.8 Å². The van der Waals surface area contributed by atoms with Gasteiger partial charge in [0.25, 0.3) is 0 Å². The summed E-state index contributed by atoms with van der Waals surface area (Å²) in [6.07, 6.45) is 0. The van der Waals surface area contributed by atoms with Crippen molar-refractivity contribution >= 4 is 33.5 Å². The fourth-order valence-electron chi connectivity index (χ4n) is 1.23. The molecule has 1 aromatic rings. The van der Waals surface area contributed by atoms with Gasteiger partial charge in [0.15, 0.2) is 5.38 Å². The Bertz CT molecular complexity index is 366. The number of halogens is 2. The van der Waals surface area contributed by atoms with Crippen LogP contribution in [0.25, 0.3) is 0 Å². The van der Waals surface area contributed by atoms with E-state index in [9.17, 15) is 4.79 Å². The monoisotopic (exact) mass is 290 g/mol. The highest BCUT2D eigenvalue weighted by molar-refractivity contribution is 9.10. The molecule has 0 aliphatic heterocycles. The highest BCUT2D eigenvalue weighted by Gasteiger charge is 2.20. The Labute approximate surface area is 103 Å². The molecule has 1 unspecified atom stereocenters. The number of hydrogen-bond donors (Lipinski definition) is 0. The fourth-order valence-corrected chi connectivity index (χ4v) is 1.90. The van der Waals surface area contributed by atoms with Gasteiger partial charge in [-0.15, -0.1) is 11.6 Å². The molecule has 0 aliphatic rings. The summed E-state index contributed by atoms with van der Waals surface area (Å²) < 4.78 is 5.77. The van der Waals surface area contributed by atoms with Crippen LogP contribution in [0.15, 0.2) is 22.7 Å². The Hall–Kier alpha value is -0.540. The van der Waals surface area contributed by atoms with Crippen LogP contribution in [0.1, 0.15) is 23.4 Å². The first-order chi connectivity index (χ1) is 7.06. The molecule has 0 amide bonds. The number of carbonyl (C=O) groups is 1. The zero-order valence-electron chi connectivity index (χ0n) is 8.59. The molecule has 4 heteroatoms. The number of ether oxygens (including phenoxy) is 1. The molecule has 0 spiro atoms. The summed E-state index contributed by atoms with van der Waals surface area (Å²) in [6, 6.07) is 5.66. The van der Waals surface area contributed by atoms with Gasteiger partial charge in [-0.3, -0.25) is 4.79 Å². The minimum Gasteiger partial charge on any atom is -0.465 e. The van der Waals surface area contributed by atoms with Crippen LogP contribution < -0.4 is 0 Å². The molecule has 0 fully saturated rings. The minimum atomic E-state index is -0.734. The van der Waals surface area contributed by atoms with Crippen LogP contribution in [0.2, 0.25) is 0 Å². The maximum Gasteiger partial charge on any atom is 0.328 e. The van der Waals surface area contributed by atoms with Gasteiger partial charge in [0.1, 0.15) is 0 Å². The van der Waals surface area contributed by atoms with Crippen molar-refractivity contribution in [3.63, 3.8) is 0 Å². The second kappa shape index (κ2) is 5.52. The van der Waals surface area contributed by atoms with Gasteiger partial charge < -0.3 is 4.74 Å². The third-order valence-electron chi connectivity index (χ3n) is 2.01. The van der Waals surface area contributed by atoms with Crippen LogP contribution in [0.4, 0.5) is 0 Å². The van der Waals surface area contributed by atoms with Gasteiger partial charge in [-0.25, -0.2) is 0 Å². The van der Waals surface area contributed by atoms with Gasteiger partial charge in [-0.1, -0.05) is 22.0 Å². The van der Waals surface area contributed by atoms with Gasteiger partial charge in [-0.2, -0.15) is 0 Å². The summed E-state index contributed by atoms with van der Waals surface area (Å²) in [5, 5.41) is -0.734. The molecule has 82 valence electrons. The summed E-state index contributed by atoms with van der Waals surface area (Å²) in [5.41, 5.74) is 1.76. The third kappa shape index (κ3) is 3.21. The predicted octanol–water partition coefficient (Wildman–Crippen LogP) is 3.60. The molecular formula is C11H12BrClO2. The van der Waals surface area contributed by atoms with Gasteiger partial charge in [0.2, 0.25) is 0 Å². The number of rotatable bonds is 3. The highest BCUT2D eigenvalue weighted by atomic mass is 79.9. The lowest BCUT2D eigenvalue weighted by Gasteiger charge is -2.11. The van der Waals surface area contributed by atoms with Gasteiger partial charge in [-0.05, 0) is 37.1 Å². The van der Waals surface area contributed by atoms with Crippen molar-refractivity contribution in [2.75, 3.05) is 6.61 Å². The van der Waals surface area contributed by atoms with Crippen molar-refractivity contribution in [2.24, 2.45) is 0 Å². The zero-order valence-corrected chi connectivity index (χ0v) is 10.9. The summed E-state index contributed by atoms with van der Waals surface area (Å²) >= 11 is 9.36. The largest absolute Gasteiger partial charge is 0.465 e. The van der Waals surface area contributed by atoms with Gasteiger partial charge in [0.05, 0.1) is 6.61 Å². The van der Waals surface area contributed by atoms with Gasteiger partial charge >= 0.3 is 5.97 Å². The van der Waals surface area contributed by atoms with E-state index in [4.69, 9.17) is 16.3 Å². The minimum absolute atomic E-state index is 0.342. The number of carbonyl (C=O) groups excluding carboxylic acids is 1. The SMILES string of the molecule is CCOC(=O)C(Cl)c1cc(Br)ccc1C. The summed E-state index contributed by atoms with van der Waals surface area (Å²) in [6.45, 7) is 4.01. The molecule has 0 saturated heterocycles. The summed E-state index contributed by atoms with van der Waals surface area (Å²) in [7, 11) is 0. The molecule has 2 nitrogen and oxygen atoms in total. The van der Waals surface area contributed by atoms with E-state index < -0.39 is 11.3 Å². The number of benzene rings is 1. The van der Waals surface area contributed by atoms with Crippen LogP contribution in [-0.4, -0.2) is 12.6 Å². The Kier molecular flexibility index (Phi) is 4.61. The first kappa shape index (κ1) is 12.5. The average Bonchev–Trinajstić information content (AvgIpc) is 2.21. The van der Waals surface area contributed by atoms with E-state index in [0.717, 1.165) is 15.6 Å². The normalized spacial score (nSPS) is 12.3. The molecule has 0 aliphatic carbocycles. The molecule has 0 N–H and O–H groups in total. The van der Waals surface area contributed by atoms with E-state index in [1.54, 1.807) is 6.92 Å². The molecule has 0 aromatic heterocycles. The quantitative estimate of drug-likeness (QED) is 0.628. The lowest BCUT2D eigenvalue weighted by atomic mass is 10.1. The van der Waals surface area contributed by atoms with Crippen molar-refractivity contribution in [1.29, 1.82) is 0 Å². The second-order valence-electron chi connectivity index (χ2n) is 3.12. The number of alkyl halides is 1. The molecule has 0 heterocycles. The van der Waals surface area contributed by atoms with E-state index in [1.807, 2.05) is 25.1 Å². The van der Waals surface area contributed by atoms with E-state index in [1.165, 1.54) is 0 Å². The van der Waals surface area contributed by atoms with Crippen LogP contribution in [0.5, 0.6) is 0 Å². The van der Waals surface area contributed by atoms with Crippen molar-refractivity contribution in [1.82, 2.24) is 0 Å². The van der Waals surface area contributed by atoms with E-state index in [0.29, 0.717) is 6.61 Å². The number of aryl methyl sites for hydroxylation is 1. The lowest BCUT2D eigenvalue weighted by Crippen LogP contribution is -2.12. The highest BCUT2D eigenvalue weighted by Crippen LogP contribution is 2.27. The van der Waals surface area contributed by atoms with E-state index in [2.05, 4.69) is 15.9 Å². The Balaban J connectivity index is 2.94. The molecular weight excluding hydrogens is 279 g/mol. The van der Waals surface area contributed by atoms with E-state index >= 15 is 0 Å². The Morgan fingerprint density at radius 2 is 2.27 bits per heavy atom. The summed E-state index contributed by atoms with van der Waals surface area (Å²) in [4.78, 5) is 11.4. The molecule has 0 saturated carbocycles. The second-order valence-corrected chi connectivity index (χ2v) is 4.47. The number of esters is 1. The topological polar surface area (TPSA) is 26.3 Å². The maximum absolute atomic E-state index is 11.4. The molecule has 15 heavy (non-hydrogen) atoms. The lowest BCUT2D eigenvalue weighted by molar-refractivity contribution is -0.142. The molecule has 0 radical (unpaired) electrons. The summed E-state index contributed by atoms with van der Waals surface area (Å²) in [5.74, 6) is -0.402. The Morgan fingerprint density at radius 3 is 2.87 bits per heavy atom. The first-order valence-electron chi connectivity index (χ1n) is 4.63. The zero-order chi connectivity index (χ0) is 11.4.